The number of ether oxygens (including phenoxy) is 1. The zero-order chi connectivity index (χ0) is 21.0. The lowest BCUT2D eigenvalue weighted by Gasteiger charge is -2.52. The van der Waals surface area contributed by atoms with Crippen molar-refractivity contribution in [2.24, 2.45) is 5.92 Å². The highest BCUT2D eigenvalue weighted by Crippen LogP contribution is 2.50. The zero-order valence-electron chi connectivity index (χ0n) is 17.7. The molecule has 4 rings (SSSR count). The molecule has 30 heavy (non-hydrogen) atoms. The summed E-state index contributed by atoms with van der Waals surface area (Å²) < 4.78 is 11.2. The van der Waals surface area contributed by atoms with E-state index < -0.39 is 5.60 Å². The van der Waals surface area contributed by atoms with E-state index in [1.54, 1.807) is 6.26 Å². The third-order valence-electron chi connectivity index (χ3n) is 6.60. The number of hydrogen-bond donors (Lipinski definition) is 2. The molecule has 0 unspecified atom stereocenters. The van der Waals surface area contributed by atoms with Crippen molar-refractivity contribution in [3.05, 3.63) is 54.0 Å². The predicted octanol–water partition coefficient (Wildman–Crippen LogP) is 3.66. The molecule has 1 amide bonds. The quantitative estimate of drug-likeness (QED) is 0.726. The van der Waals surface area contributed by atoms with Crippen LogP contribution in [0.5, 0.6) is 5.75 Å². The van der Waals surface area contributed by atoms with Gasteiger partial charge in [0.2, 0.25) is 5.91 Å². The Hall–Kier alpha value is -2.31. The van der Waals surface area contributed by atoms with Gasteiger partial charge < -0.3 is 19.6 Å². The van der Waals surface area contributed by atoms with Crippen LogP contribution in [0.3, 0.4) is 0 Å². The molecule has 2 fully saturated rings. The third-order valence-corrected chi connectivity index (χ3v) is 6.60. The van der Waals surface area contributed by atoms with Gasteiger partial charge in [-0.3, -0.25) is 9.69 Å². The van der Waals surface area contributed by atoms with E-state index in [0.717, 1.165) is 42.8 Å². The van der Waals surface area contributed by atoms with Gasteiger partial charge in [-0.1, -0.05) is 31.0 Å². The predicted molar refractivity (Wildman–Crippen MR) is 114 cm³/mol. The molecule has 1 aliphatic heterocycles. The summed E-state index contributed by atoms with van der Waals surface area (Å²) in [5.74, 6) is 1.65. The fourth-order valence-corrected chi connectivity index (χ4v) is 5.18. The molecule has 2 heterocycles. The summed E-state index contributed by atoms with van der Waals surface area (Å²) in [7, 11) is 0. The number of piperidine rings is 1. The Morgan fingerprint density at radius 2 is 2.13 bits per heavy atom. The van der Waals surface area contributed by atoms with E-state index in [-0.39, 0.29) is 17.9 Å². The molecule has 0 spiro atoms. The van der Waals surface area contributed by atoms with Gasteiger partial charge >= 0.3 is 0 Å². The average molecular weight is 413 g/mol. The van der Waals surface area contributed by atoms with Crippen LogP contribution in [0.25, 0.3) is 0 Å². The first kappa shape index (κ1) is 20.9. The molecule has 6 nitrogen and oxygen atoms in total. The van der Waals surface area contributed by atoms with E-state index in [1.165, 1.54) is 0 Å². The van der Waals surface area contributed by atoms with Crippen LogP contribution in [0.2, 0.25) is 0 Å². The lowest BCUT2D eigenvalue weighted by Crippen LogP contribution is -2.56. The fraction of sp³-hybridized carbons (Fsp3) is 0.542. The van der Waals surface area contributed by atoms with Crippen LogP contribution >= 0.6 is 0 Å². The van der Waals surface area contributed by atoms with Gasteiger partial charge in [0.05, 0.1) is 31.6 Å². The number of furan rings is 1. The SMILES string of the molecule is CCOc1ccccc1[C@H]1[C@@H]2CCCC[C@]2(O)CCN1CC(=O)NCc1ccco1. The summed E-state index contributed by atoms with van der Waals surface area (Å²) >= 11 is 0. The lowest BCUT2D eigenvalue weighted by atomic mass is 9.66. The summed E-state index contributed by atoms with van der Waals surface area (Å²) in [6, 6.07) is 11.7. The van der Waals surface area contributed by atoms with Crippen LogP contribution in [-0.2, 0) is 11.3 Å². The minimum Gasteiger partial charge on any atom is -0.494 e. The van der Waals surface area contributed by atoms with Crippen molar-refractivity contribution in [1.29, 1.82) is 0 Å². The van der Waals surface area contributed by atoms with Gasteiger partial charge in [0.1, 0.15) is 11.5 Å². The number of carbonyl (C=O) groups is 1. The van der Waals surface area contributed by atoms with Crippen LogP contribution < -0.4 is 10.1 Å². The first-order chi connectivity index (χ1) is 14.6. The standard InChI is InChI=1S/C24H32N2O4/c1-2-29-21-11-4-3-9-19(21)23-20-10-5-6-12-24(20,28)13-14-26(23)17-22(27)25-16-18-8-7-15-30-18/h3-4,7-9,11,15,20,23,28H,2,5-6,10,12-14,16-17H2,1H3,(H,25,27)/t20-,23-,24-/m0/s1. The molecule has 1 aromatic carbocycles. The molecule has 1 saturated heterocycles. The molecule has 162 valence electrons. The summed E-state index contributed by atoms with van der Waals surface area (Å²) in [6.07, 6.45) is 6.29. The van der Waals surface area contributed by atoms with E-state index >= 15 is 0 Å². The number of rotatable bonds is 7. The highest BCUT2D eigenvalue weighted by molar-refractivity contribution is 5.78. The molecular weight excluding hydrogens is 380 g/mol. The molecule has 1 saturated carbocycles. The van der Waals surface area contributed by atoms with Crippen molar-refractivity contribution in [2.75, 3.05) is 19.7 Å². The second kappa shape index (κ2) is 9.23. The van der Waals surface area contributed by atoms with Crippen LogP contribution in [-0.4, -0.2) is 41.2 Å². The summed E-state index contributed by atoms with van der Waals surface area (Å²) in [5, 5.41) is 14.4. The number of nitrogens with zero attached hydrogens (tertiary/aromatic N) is 1. The van der Waals surface area contributed by atoms with Crippen LogP contribution in [0.15, 0.2) is 47.1 Å². The Labute approximate surface area is 178 Å². The van der Waals surface area contributed by atoms with Gasteiger partial charge in [0.15, 0.2) is 0 Å². The average Bonchev–Trinajstić information content (AvgIpc) is 3.27. The van der Waals surface area contributed by atoms with Gasteiger partial charge in [-0.25, -0.2) is 0 Å². The fourth-order valence-electron chi connectivity index (χ4n) is 5.18. The third kappa shape index (κ3) is 4.40. The van der Waals surface area contributed by atoms with Crippen molar-refractivity contribution >= 4 is 5.91 Å². The number of nitrogens with one attached hydrogen (secondary N) is 1. The van der Waals surface area contributed by atoms with Gasteiger partial charge in [0.25, 0.3) is 0 Å². The monoisotopic (exact) mass is 412 g/mol. The summed E-state index contributed by atoms with van der Waals surface area (Å²) in [4.78, 5) is 15.0. The summed E-state index contributed by atoms with van der Waals surface area (Å²) in [5.41, 5.74) is 0.409. The number of aliphatic hydroxyl groups is 1. The maximum atomic E-state index is 12.7. The lowest BCUT2D eigenvalue weighted by molar-refractivity contribution is -0.138. The van der Waals surface area contributed by atoms with Crippen LogP contribution in [0, 0.1) is 5.92 Å². The second-order valence-electron chi connectivity index (χ2n) is 8.45. The Morgan fingerprint density at radius 3 is 2.93 bits per heavy atom. The number of hydrogen-bond acceptors (Lipinski definition) is 5. The molecule has 2 aromatic rings. The molecule has 0 bridgehead atoms. The first-order valence-corrected chi connectivity index (χ1v) is 11.1. The van der Waals surface area contributed by atoms with E-state index in [0.29, 0.717) is 32.7 Å². The second-order valence-corrected chi connectivity index (χ2v) is 8.45. The maximum absolute atomic E-state index is 12.7. The molecule has 2 N–H and O–H groups in total. The number of para-hydroxylation sites is 1. The smallest absolute Gasteiger partial charge is 0.234 e. The van der Waals surface area contributed by atoms with Gasteiger partial charge in [-0.05, 0) is 44.4 Å². The molecule has 0 radical (unpaired) electrons. The highest BCUT2D eigenvalue weighted by atomic mass is 16.5. The van der Waals surface area contributed by atoms with E-state index in [9.17, 15) is 9.90 Å². The van der Waals surface area contributed by atoms with E-state index in [4.69, 9.17) is 9.15 Å². The Bertz CT molecular complexity index is 837. The molecule has 3 atom stereocenters. The molecule has 1 aromatic heterocycles. The number of benzene rings is 1. The van der Waals surface area contributed by atoms with Crippen molar-refractivity contribution in [1.82, 2.24) is 10.2 Å². The van der Waals surface area contributed by atoms with Crippen molar-refractivity contribution in [3.8, 4) is 5.75 Å². The minimum absolute atomic E-state index is 0.0356. The van der Waals surface area contributed by atoms with E-state index in [1.807, 2.05) is 37.3 Å². The van der Waals surface area contributed by atoms with Crippen LogP contribution in [0.4, 0.5) is 0 Å². The molecule has 1 aliphatic carbocycles. The Morgan fingerprint density at radius 1 is 1.27 bits per heavy atom. The Balaban J connectivity index is 1.57. The van der Waals surface area contributed by atoms with Gasteiger partial charge in [0, 0.05) is 24.1 Å². The minimum atomic E-state index is -0.663. The van der Waals surface area contributed by atoms with Crippen molar-refractivity contribution in [2.45, 2.75) is 57.2 Å². The van der Waals surface area contributed by atoms with Crippen molar-refractivity contribution in [3.63, 3.8) is 0 Å². The number of fused-ring (bicyclic) bond motifs is 1. The largest absolute Gasteiger partial charge is 0.494 e. The zero-order valence-corrected chi connectivity index (χ0v) is 17.7. The normalized spacial score (nSPS) is 26.7. The van der Waals surface area contributed by atoms with Gasteiger partial charge in [-0.2, -0.15) is 0 Å². The molecular formula is C24H32N2O4. The van der Waals surface area contributed by atoms with Crippen molar-refractivity contribution < 1.29 is 19.1 Å². The first-order valence-electron chi connectivity index (χ1n) is 11.1. The van der Waals surface area contributed by atoms with Gasteiger partial charge in [-0.15, -0.1) is 0 Å². The number of amides is 1. The van der Waals surface area contributed by atoms with Crippen LogP contribution in [0.1, 0.15) is 56.4 Å². The summed E-state index contributed by atoms with van der Waals surface area (Å²) in [6.45, 7) is 3.93. The highest BCUT2D eigenvalue weighted by Gasteiger charge is 2.49. The number of carbonyl (C=O) groups excluding carboxylic acids is 1. The topological polar surface area (TPSA) is 74.9 Å². The maximum Gasteiger partial charge on any atom is 0.234 e. The number of likely N-dealkylation sites (tertiary alicyclic amines) is 1. The van der Waals surface area contributed by atoms with E-state index in [2.05, 4.69) is 16.3 Å². The Kier molecular flexibility index (Phi) is 6.44. The molecule has 6 heteroatoms. The molecule has 2 aliphatic rings.